The molecule has 0 fully saturated rings. The summed E-state index contributed by atoms with van der Waals surface area (Å²) in [6.07, 6.45) is 8.47. The number of nitrogens with one attached hydrogen (secondary N) is 1. The molecule has 0 saturated heterocycles. The van der Waals surface area contributed by atoms with Gasteiger partial charge in [0.2, 0.25) is 0 Å². The highest BCUT2D eigenvalue weighted by molar-refractivity contribution is 7.81. The molecule has 3 rings (SSSR count). The van der Waals surface area contributed by atoms with E-state index in [9.17, 15) is 0 Å². The van der Waals surface area contributed by atoms with Gasteiger partial charge in [0.15, 0.2) is 0 Å². The van der Waals surface area contributed by atoms with Crippen LogP contribution < -0.4 is 11.1 Å². The predicted molar refractivity (Wildman–Crippen MR) is 92.4 cm³/mol. The molecule has 0 unspecified atom stereocenters. The Hall–Kier alpha value is -2.86. The second-order valence-electron chi connectivity index (χ2n) is 4.19. The lowest BCUT2D eigenvalue weighted by Gasteiger charge is -2.05. The molecule has 0 spiro atoms. The summed E-state index contributed by atoms with van der Waals surface area (Å²) in [4.78, 5) is 12.5. The van der Waals surface area contributed by atoms with E-state index in [0.717, 1.165) is 17.1 Å². The SMILES string of the molecule is Nc1ccncc1.S=C(Nc1ccncc1)c1ccccn1. The minimum atomic E-state index is 0.613. The second kappa shape index (κ2) is 8.43. The second-order valence-corrected chi connectivity index (χ2v) is 4.59. The number of hydrogen-bond donors (Lipinski definition) is 2. The van der Waals surface area contributed by atoms with Crippen molar-refractivity contribution in [3.63, 3.8) is 0 Å². The average Bonchev–Trinajstić information content (AvgIpc) is 2.58. The summed E-state index contributed by atoms with van der Waals surface area (Å²) in [5.74, 6) is 0. The van der Waals surface area contributed by atoms with E-state index in [1.165, 1.54) is 0 Å². The monoisotopic (exact) mass is 309 g/mol. The quantitative estimate of drug-likeness (QED) is 0.709. The Balaban J connectivity index is 0.000000211. The van der Waals surface area contributed by atoms with E-state index in [4.69, 9.17) is 18.0 Å². The van der Waals surface area contributed by atoms with Crippen molar-refractivity contribution in [2.75, 3.05) is 11.1 Å². The first-order valence-electron chi connectivity index (χ1n) is 6.53. The fraction of sp³-hybridized carbons (Fsp3) is 0. The first-order valence-corrected chi connectivity index (χ1v) is 6.94. The minimum absolute atomic E-state index is 0.613. The summed E-state index contributed by atoms with van der Waals surface area (Å²) in [6, 6.07) is 12.8. The molecule has 3 aromatic heterocycles. The number of thiocarbonyl (C=S) groups is 1. The van der Waals surface area contributed by atoms with Gasteiger partial charge >= 0.3 is 0 Å². The molecule has 6 heteroatoms. The van der Waals surface area contributed by atoms with Gasteiger partial charge in [0.1, 0.15) is 4.99 Å². The summed E-state index contributed by atoms with van der Waals surface area (Å²) in [6.45, 7) is 0. The molecule has 3 N–H and O–H groups in total. The zero-order valence-corrected chi connectivity index (χ0v) is 12.6. The zero-order valence-electron chi connectivity index (χ0n) is 11.8. The molecule has 3 heterocycles. The third-order valence-electron chi connectivity index (χ3n) is 2.54. The molecule has 3 aromatic rings. The van der Waals surface area contributed by atoms with Crippen LogP contribution in [0, 0.1) is 0 Å². The van der Waals surface area contributed by atoms with Crippen molar-refractivity contribution in [3.05, 3.63) is 79.1 Å². The molecular weight excluding hydrogens is 294 g/mol. The van der Waals surface area contributed by atoms with Crippen molar-refractivity contribution in [1.82, 2.24) is 15.0 Å². The number of anilines is 2. The standard InChI is InChI=1S/C11H9N3S.C5H6N2/c15-11(10-3-1-2-6-13-10)14-9-4-7-12-8-5-9;6-5-1-3-7-4-2-5/h1-8H,(H,12,14,15);1-4H,(H2,6,7). The van der Waals surface area contributed by atoms with E-state index in [0.29, 0.717) is 4.99 Å². The molecule has 5 nitrogen and oxygen atoms in total. The van der Waals surface area contributed by atoms with Crippen LogP contribution in [0.1, 0.15) is 5.69 Å². The number of aromatic nitrogens is 3. The van der Waals surface area contributed by atoms with Crippen molar-refractivity contribution in [2.45, 2.75) is 0 Å². The number of pyridine rings is 3. The summed E-state index contributed by atoms with van der Waals surface area (Å²) < 4.78 is 0. The predicted octanol–water partition coefficient (Wildman–Crippen LogP) is 2.93. The van der Waals surface area contributed by atoms with Crippen LogP contribution in [0.4, 0.5) is 11.4 Å². The Bertz CT molecular complexity index is 690. The van der Waals surface area contributed by atoms with E-state index >= 15 is 0 Å². The maximum absolute atomic E-state index is 5.32. The number of nitrogens with zero attached hydrogens (tertiary/aromatic N) is 3. The average molecular weight is 309 g/mol. The maximum Gasteiger partial charge on any atom is 0.129 e. The lowest BCUT2D eigenvalue weighted by atomic mass is 10.3. The molecule has 0 aliphatic carbocycles. The zero-order chi connectivity index (χ0) is 15.6. The van der Waals surface area contributed by atoms with Crippen molar-refractivity contribution in [1.29, 1.82) is 0 Å². The van der Waals surface area contributed by atoms with Crippen LogP contribution in [0.25, 0.3) is 0 Å². The van der Waals surface area contributed by atoms with E-state index in [-0.39, 0.29) is 0 Å². The first-order chi connectivity index (χ1) is 10.8. The fourth-order valence-corrected chi connectivity index (χ4v) is 1.73. The van der Waals surface area contributed by atoms with Gasteiger partial charge in [0, 0.05) is 42.4 Å². The summed E-state index contributed by atoms with van der Waals surface area (Å²) in [7, 11) is 0. The summed E-state index contributed by atoms with van der Waals surface area (Å²) >= 11 is 5.21. The normalized spacial score (nSPS) is 9.27. The van der Waals surface area contributed by atoms with E-state index in [1.54, 1.807) is 43.1 Å². The smallest absolute Gasteiger partial charge is 0.129 e. The molecule has 0 aliphatic rings. The van der Waals surface area contributed by atoms with E-state index < -0.39 is 0 Å². The highest BCUT2D eigenvalue weighted by Gasteiger charge is 2.00. The van der Waals surface area contributed by atoms with Crippen LogP contribution in [-0.4, -0.2) is 19.9 Å². The van der Waals surface area contributed by atoms with Crippen LogP contribution in [0.5, 0.6) is 0 Å². The molecule has 110 valence electrons. The highest BCUT2D eigenvalue weighted by Crippen LogP contribution is 2.06. The van der Waals surface area contributed by atoms with Gasteiger partial charge in [-0.15, -0.1) is 0 Å². The Morgan fingerprint density at radius 1 is 0.864 bits per heavy atom. The molecule has 0 atom stereocenters. The lowest BCUT2D eigenvalue weighted by molar-refractivity contribution is 1.29. The molecule has 0 saturated carbocycles. The van der Waals surface area contributed by atoms with E-state index in [1.807, 2.05) is 30.3 Å². The van der Waals surface area contributed by atoms with Gasteiger partial charge in [-0.3, -0.25) is 15.0 Å². The molecule has 0 aliphatic heterocycles. The summed E-state index contributed by atoms with van der Waals surface area (Å²) in [5.41, 5.74) is 7.76. The van der Waals surface area contributed by atoms with Gasteiger partial charge in [-0.25, -0.2) is 0 Å². The van der Waals surface area contributed by atoms with Crippen molar-refractivity contribution < 1.29 is 0 Å². The highest BCUT2D eigenvalue weighted by atomic mass is 32.1. The van der Waals surface area contributed by atoms with Crippen LogP contribution in [0.15, 0.2) is 73.4 Å². The minimum Gasteiger partial charge on any atom is -0.399 e. The van der Waals surface area contributed by atoms with Crippen LogP contribution in [0.2, 0.25) is 0 Å². The third-order valence-corrected chi connectivity index (χ3v) is 2.85. The largest absolute Gasteiger partial charge is 0.399 e. The van der Waals surface area contributed by atoms with Gasteiger partial charge in [-0.05, 0) is 36.4 Å². The molecule has 0 radical (unpaired) electrons. The Labute approximate surface area is 134 Å². The van der Waals surface area contributed by atoms with Crippen molar-refractivity contribution in [2.24, 2.45) is 0 Å². The van der Waals surface area contributed by atoms with Crippen LogP contribution in [0.3, 0.4) is 0 Å². The van der Waals surface area contributed by atoms with Gasteiger partial charge in [0.25, 0.3) is 0 Å². The third kappa shape index (κ3) is 5.26. The van der Waals surface area contributed by atoms with Crippen LogP contribution >= 0.6 is 12.2 Å². The van der Waals surface area contributed by atoms with Crippen molar-refractivity contribution in [3.8, 4) is 0 Å². The van der Waals surface area contributed by atoms with Crippen molar-refractivity contribution >= 4 is 28.6 Å². The molecule has 0 bridgehead atoms. The van der Waals surface area contributed by atoms with Crippen LogP contribution in [-0.2, 0) is 0 Å². The lowest BCUT2D eigenvalue weighted by Crippen LogP contribution is -2.11. The first kappa shape index (κ1) is 15.5. The number of nitrogen functional groups attached to an aromatic ring is 1. The Kier molecular flexibility index (Phi) is 5.95. The number of nitrogens with two attached hydrogens (primary N) is 1. The van der Waals surface area contributed by atoms with Gasteiger partial charge < -0.3 is 11.1 Å². The topological polar surface area (TPSA) is 76.7 Å². The molecule has 0 amide bonds. The molecular formula is C16H15N5S. The molecule has 22 heavy (non-hydrogen) atoms. The van der Waals surface area contributed by atoms with Gasteiger partial charge in [0.05, 0.1) is 5.69 Å². The molecule has 0 aromatic carbocycles. The van der Waals surface area contributed by atoms with Gasteiger partial charge in [-0.1, -0.05) is 18.3 Å². The number of rotatable bonds is 2. The Morgan fingerprint density at radius 2 is 1.50 bits per heavy atom. The number of hydrogen-bond acceptors (Lipinski definition) is 5. The maximum atomic E-state index is 5.32. The fourth-order valence-electron chi connectivity index (χ4n) is 1.49. The van der Waals surface area contributed by atoms with Gasteiger partial charge in [-0.2, -0.15) is 0 Å². The van der Waals surface area contributed by atoms with E-state index in [2.05, 4.69) is 20.3 Å². The summed E-state index contributed by atoms with van der Waals surface area (Å²) in [5, 5.41) is 3.09. The Morgan fingerprint density at radius 3 is 2.00 bits per heavy atom.